The maximum atomic E-state index is 12.9. The molecule has 0 fully saturated rings. The number of hydrogen-bond acceptors (Lipinski definition) is 3. The van der Waals surface area contributed by atoms with Crippen LogP contribution in [0.1, 0.15) is 17.7 Å². The van der Waals surface area contributed by atoms with E-state index in [0.717, 1.165) is 11.8 Å². The minimum Gasteiger partial charge on any atom is -0.333 e. The number of nitrogens with zero attached hydrogens (tertiary/aromatic N) is 5. The Labute approximate surface area is 177 Å². The van der Waals surface area contributed by atoms with E-state index in [1.54, 1.807) is 33.8 Å². The van der Waals surface area contributed by atoms with Crippen LogP contribution in [0.2, 0.25) is 5.02 Å². The van der Waals surface area contributed by atoms with Crippen LogP contribution in [0.5, 0.6) is 0 Å². The molecule has 0 radical (unpaired) electrons. The van der Waals surface area contributed by atoms with E-state index in [1.807, 2.05) is 0 Å². The van der Waals surface area contributed by atoms with Crippen molar-refractivity contribution in [3.63, 3.8) is 0 Å². The van der Waals surface area contributed by atoms with Crippen LogP contribution in [0, 0.1) is 0 Å². The van der Waals surface area contributed by atoms with Gasteiger partial charge < -0.3 is 4.57 Å². The largest absolute Gasteiger partial charge is 0.434 e. The first kappa shape index (κ1) is 20.0. The van der Waals surface area contributed by atoms with Gasteiger partial charge in [0.25, 0.3) is 0 Å². The lowest BCUT2D eigenvalue weighted by molar-refractivity contribution is -0.140. The quantitative estimate of drug-likeness (QED) is 0.539. The molecule has 0 aliphatic carbocycles. The SMILES string of the molecule is Cn1cc(C(F)(F)F)nc1-c1ccc(CN2C(=O)CCn3nc(Br)c(Cl)c32)cc1. The van der Waals surface area contributed by atoms with Gasteiger partial charge in [-0.15, -0.1) is 0 Å². The van der Waals surface area contributed by atoms with Crippen LogP contribution < -0.4 is 4.90 Å². The Balaban J connectivity index is 1.60. The number of aryl methyl sites for hydroxylation is 2. The predicted molar refractivity (Wildman–Crippen MR) is 104 cm³/mol. The molecule has 29 heavy (non-hydrogen) atoms. The zero-order chi connectivity index (χ0) is 20.9. The van der Waals surface area contributed by atoms with Gasteiger partial charge in [-0.1, -0.05) is 35.9 Å². The van der Waals surface area contributed by atoms with E-state index in [0.29, 0.717) is 34.0 Å². The summed E-state index contributed by atoms with van der Waals surface area (Å²) in [4.78, 5) is 17.7. The molecule has 1 aromatic carbocycles. The molecule has 0 bridgehead atoms. The molecule has 0 unspecified atom stereocenters. The Hall–Kier alpha value is -2.33. The molecule has 0 saturated carbocycles. The molecule has 1 aliphatic heterocycles. The van der Waals surface area contributed by atoms with Crippen molar-refractivity contribution < 1.29 is 18.0 Å². The summed E-state index contributed by atoms with van der Waals surface area (Å²) in [5, 5.41) is 4.63. The molecule has 152 valence electrons. The summed E-state index contributed by atoms with van der Waals surface area (Å²) in [5.74, 6) is 0.663. The van der Waals surface area contributed by atoms with Crippen LogP contribution >= 0.6 is 27.5 Å². The number of fused-ring (bicyclic) bond motifs is 1. The number of carbonyl (C=O) groups is 1. The molecule has 1 aliphatic rings. The van der Waals surface area contributed by atoms with Crippen LogP contribution in [-0.2, 0) is 31.1 Å². The molecular formula is C18H14BrClF3N5O. The second kappa shape index (κ2) is 7.17. The molecule has 6 nitrogen and oxygen atoms in total. The topological polar surface area (TPSA) is 56.0 Å². The maximum absolute atomic E-state index is 12.9. The number of imidazole rings is 1. The first-order valence-electron chi connectivity index (χ1n) is 8.57. The van der Waals surface area contributed by atoms with Gasteiger partial charge >= 0.3 is 6.18 Å². The van der Waals surface area contributed by atoms with E-state index in [1.165, 1.54) is 11.6 Å². The van der Waals surface area contributed by atoms with Crippen molar-refractivity contribution in [1.29, 1.82) is 0 Å². The number of aromatic nitrogens is 4. The molecule has 11 heteroatoms. The second-order valence-corrected chi connectivity index (χ2v) is 7.77. The van der Waals surface area contributed by atoms with Gasteiger partial charge in [-0.2, -0.15) is 18.3 Å². The highest BCUT2D eigenvalue weighted by molar-refractivity contribution is 9.10. The Morgan fingerprint density at radius 1 is 1.24 bits per heavy atom. The van der Waals surface area contributed by atoms with Crippen LogP contribution in [0.4, 0.5) is 19.0 Å². The van der Waals surface area contributed by atoms with Gasteiger partial charge in [0.05, 0.1) is 13.1 Å². The van der Waals surface area contributed by atoms with Crippen molar-refractivity contribution in [3.8, 4) is 11.4 Å². The Kier molecular flexibility index (Phi) is 4.94. The van der Waals surface area contributed by atoms with Crippen LogP contribution in [0.25, 0.3) is 11.4 Å². The minimum atomic E-state index is -4.50. The van der Waals surface area contributed by atoms with Gasteiger partial charge in [-0.25, -0.2) is 9.67 Å². The lowest BCUT2D eigenvalue weighted by atomic mass is 10.1. The highest BCUT2D eigenvalue weighted by Crippen LogP contribution is 2.36. The molecule has 1 amide bonds. The van der Waals surface area contributed by atoms with E-state index >= 15 is 0 Å². The van der Waals surface area contributed by atoms with Crippen LogP contribution in [0.15, 0.2) is 35.1 Å². The first-order chi connectivity index (χ1) is 13.6. The van der Waals surface area contributed by atoms with Crippen molar-refractivity contribution in [2.75, 3.05) is 4.90 Å². The summed E-state index contributed by atoms with van der Waals surface area (Å²) in [6.07, 6.45) is -3.24. The predicted octanol–water partition coefficient (Wildman–Crippen LogP) is 4.66. The summed E-state index contributed by atoms with van der Waals surface area (Å²) < 4.78 is 42.1. The van der Waals surface area contributed by atoms with E-state index in [4.69, 9.17) is 11.6 Å². The summed E-state index contributed by atoms with van der Waals surface area (Å²) in [5.41, 5.74) is 0.406. The highest BCUT2D eigenvalue weighted by atomic mass is 79.9. The molecular weight excluding hydrogens is 475 g/mol. The van der Waals surface area contributed by atoms with Gasteiger partial charge in [0.15, 0.2) is 11.5 Å². The average molecular weight is 489 g/mol. The van der Waals surface area contributed by atoms with Gasteiger partial charge in [-0.05, 0) is 21.5 Å². The summed E-state index contributed by atoms with van der Waals surface area (Å²) in [6, 6.07) is 6.87. The zero-order valence-electron chi connectivity index (χ0n) is 15.0. The molecule has 0 N–H and O–H groups in total. The fourth-order valence-corrected chi connectivity index (χ4v) is 3.85. The van der Waals surface area contributed by atoms with Crippen molar-refractivity contribution >= 4 is 39.3 Å². The number of alkyl halides is 3. The Morgan fingerprint density at radius 3 is 2.55 bits per heavy atom. The molecule has 0 saturated heterocycles. The third-order valence-electron chi connectivity index (χ3n) is 4.64. The van der Waals surface area contributed by atoms with E-state index in [9.17, 15) is 18.0 Å². The third-order valence-corrected chi connectivity index (χ3v) is 5.78. The van der Waals surface area contributed by atoms with Crippen molar-refractivity contribution in [3.05, 3.63) is 51.3 Å². The smallest absolute Gasteiger partial charge is 0.333 e. The Bertz CT molecular complexity index is 1090. The van der Waals surface area contributed by atoms with Gasteiger partial charge in [-0.3, -0.25) is 9.69 Å². The van der Waals surface area contributed by atoms with Crippen LogP contribution in [-0.4, -0.2) is 25.2 Å². The van der Waals surface area contributed by atoms with Gasteiger partial charge in [0.1, 0.15) is 15.5 Å². The lowest BCUT2D eigenvalue weighted by Gasteiger charge is -2.28. The molecule has 3 heterocycles. The van der Waals surface area contributed by atoms with Gasteiger partial charge in [0, 0.05) is 25.2 Å². The van der Waals surface area contributed by atoms with E-state index in [-0.39, 0.29) is 18.3 Å². The molecule has 0 spiro atoms. The number of anilines is 1. The molecule has 4 rings (SSSR count). The monoisotopic (exact) mass is 487 g/mol. The number of halogens is 5. The molecule has 0 atom stereocenters. The number of hydrogen-bond donors (Lipinski definition) is 0. The molecule has 3 aromatic rings. The second-order valence-electron chi connectivity index (χ2n) is 6.64. The molecule has 2 aromatic heterocycles. The van der Waals surface area contributed by atoms with Gasteiger partial charge in [0.2, 0.25) is 5.91 Å². The number of amides is 1. The van der Waals surface area contributed by atoms with Crippen LogP contribution in [0.3, 0.4) is 0 Å². The maximum Gasteiger partial charge on any atom is 0.434 e. The fraction of sp³-hybridized carbons (Fsp3) is 0.278. The first-order valence-corrected chi connectivity index (χ1v) is 9.74. The van der Waals surface area contributed by atoms with Crippen molar-refractivity contribution in [2.45, 2.75) is 25.7 Å². The minimum absolute atomic E-state index is 0.0743. The number of rotatable bonds is 3. The highest BCUT2D eigenvalue weighted by Gasteiger charge is 2.34. The number of carbonyl (C=O) groups excluding carboxylic acids is 1. The summed E-state index contributed by atoms with van der Waals surface area (Å²) in [6.45, 7) is 0.723. The number of benzene rings is 1. The summed E-state index contributed by atoms with van der Waals surface area (Å²) >= 11 is 9.56. The Morgan fingerprint density at radius 2 is 1.93 bits per heavy atom. The van der Waals surface area contributed by atoms with Crippen molar-refractivity contribution in [1.82, 2.24) is 19.3 Å². The zero-order valence-corrected chi connectivity index (χ0v) is 17.4. The average Bonchev–Trinajstić information content (AvgIpc) is 3.19. The third kappa shape index (κ3) is 3.66. The standard InChI is InChI=1S/C18H14BrClF3N5O/c1-26-9-12(18(21,22)23)24-16(26)11-4-2-10(3-5-11)8-27-13(29)6-7-28-17(27)14(20)15(19)25-28/h2-5,9H,6-8H2,1H3. The summed E-state index contributed by atoms with van der Waals surface area (Å²) in [7, 11) is 1.51. The lowest BCUT2D eigenvalue weighted by Crippen LogP contribution is -2.37. The van der Waals surface area contributed by atoms with E-state index < -0.39 is 11.9 Å². The normalized spacial score (nSPS) is 14.4. The fourth-order valence-electron chi connectivity index (χ4n) is 3.25. The van der Waals surface area contributed by atoms with E-state index in [2.05, 4.69) is 26.0 Å². The van der Waals surface area contributed by atoms with Crippen molar-refractivity contribution in [2.24, 2.45) is 7.05 Å².